The van der Waals surface area contributed by atoms with Crippen molar-refractivity contribution in [3.8, 4) is 0 Å². The SMILES string of the molecule is O=C(N[C@@H]1C[C@H]1C1CCCCC1)c1cn(CC(=O)N2CCCC2)nn1. The lowest BCUT2D eigenvalue weighted by Gasteiger charge is -2.21. The molecule has 1 saturated heterocycles. The molecule has 25 heavy (non-hydrogen) atoms. The maximum atomic E-state index is 12.4. The summed E-state index contributed by atoms with van der Waals surface area (Å²) in [5, 5.41) is 11.0. The molecule has 0 radical (unpaired) electrons. The lowest BCUT2D eigenvalue weighted by molar-refractivity contribution is -0.130. The Hall–Kier alpha value is -1.92. The van der Waals surface area contributed by atoms with Gasteiger partial charge in [0.25, 0.3) is 5.91 Å². The number of likely N-dealkylation sites (tertiary alicyclic amines) is 1. The molecule has 1 aliphatic heterocycles. The van der Waals surface area contributed by atoms with Crippen LogP contribution in [0.3, 0.4) is 0 Å². The zero-order chi connectivity index (χ0) is 17.2. The van der Waals surface area contributed by atoms with Crippen LogP contribution in [0.1, 0.15) is 61.9 Å². The number of aromatic nitrogens is 3. The quantitative estimate of drug-likeness (QED) is 0.879. The van der Waals surface area contributed by atoms with Crippen LogP contribution in [0, 0.1) is 11.8 Å². The predicted octanol–water partition coefficient (Wildman–Crippen LogP) is 1.60. The van der Waals surface area contributed by atoms with Crippen molar-refractivity contribution in [3.63, 3.8) is 0 Å². The number of carbonyl (C=O) groups is 2. The second-order valence-electron chi connectivity index (χ2n) is 7.77. The van der Waals surface area contributed by atoms with E-state index < -0.39 is 0 Å². The average Bonchev–Trinajstić information content (AvgIpc) is 3.05. The molecule has 2 saturated carbocycles. The number of amides is 2. The molecule has 136 valence electrons. The van der Waals surface area contributed by atoms with Crippen molar-refractivity contribution in [1.29, 1.82) is 0 Å². The first kappa shape index (κ1) is 16.5. The molecular weight excluding hydrogens is 318 g/mol. The Balaban J connectivity index is 1.27. The highest BCUT2D eigenvalue weighted by Crippen LogP contribution is 2.44. The number of rotatable bonds is 5. The van der Waals surface area contributed by atoms with Gasteiger partial charge < -0.3 is 10.2 Å². The van der Waals surface area contributed by atoms with E-state index in [0.29, 0.717) is 17.7 Å². The van der Waals surface area contributed by atoms with E-state index in [-0.39, 0.29) is 18.4 Å². The highest BCUT2D eigenvalue weighted by molar-refractivity contribution is 5.92. The third-order valence-electron chi connectivity index (χ3n) is 5.94. The summed E-state index contributed by atoms with van der Waals surface area (Å²) in [5.41, 5.74) is 0.309. The first-order valence-corrected chi connectivity index (χ1v) is 9.69. The molecule has 7 nitrogen and oxygen atoms in total. The Morgan fingerprint density at radius 1 is 1.12 bits per heavy atom. The van der Waals surface area contributed by atoms with Crippen molar-refractivity contribution in [1.82, 2.24) is 25.2 Å². The third-order valence-corrected chi connectivity index (χ3v) is 5.94. The second kappa shape index (κ2) is 7.14. The minimum absolute atomic E-state index is 0.0499. The summed E-state index contributed by atoms with van der Waals surface area (Å²) in [4.78, 5) is 26.3. The Bertz CT molecular complexity index is 631. The van der Waals surface area contributed by atoms with Crippen LogP contribution in [0.2, 0.25) is 0 Å². The van der Waals surface area contributed by atoms with Gasteiger partial charge >= 0.3 is 0 Å². The molecule has 2 amide bonds. The molecule has 3 fully saturated rings. The Morgan fingerprint density at radius 2 is 1.88 bits per heavy atom. The van der Waals surface area contributed by atoms with Gasteiger partial charge in [-0.15, -0.1) is 5.10 Å². The molecule has 3 aliphatic rings. The van der Waals surface area contributed by atoms with E-state index in [1.165, 1.54) is 36.8 Å². The average molecular weight is 345 g/mol. The summed E-state index contributed by atoms with van der Waals surface area (Å²) in [6, 6.07) is 0.298. The van der Waals surface area contributed by atoms with E-state index in [0.717, 1.165) is 38.3 Å². The summed E-state index contributed by atoms with van der Waals surface area (Å²) < 4.78 is 1.47. The molecule has 0 bridgehead atoms. The molecule has 2 heterocycles. The third kappa shape index (κ3) is 3.85. The van der Waals surface area contributed by atoms with Gasteiger partial charge in [0.15, 0.2) is 5.69 Å². The van der Waals surface area contributed by atoms with Gasteiger partial charge in [0.2, 0.25) is 5.91 Å². The van der Waals surface area contributed by atoms with Crippen molar-refractivity contribution in [2.75, 3.05) is 13.1 Å². The van der Waals surface area contributed by atoms with Gasteiger partial charge in [0.1, 0.15) is 6.54 Å². The van der Waals surface area contributed by atoms with Crippen molar-refractivity contribution in [2.24, 2.45) is 11.8 Å². The highest BCUT2D eigenvalue weighted by Gasteiger charge is 2.44. The van der Waals surface area contributed by atoms with Crippen LogP contribution in [0.4, 0.5) is 0 Å². The summed E-state index contributed by atoms with van der Waals surface area (Å²) in [6.07, 6.45) is 11.5. The molecule has 0 spiro atoms. The molecule has 0 aromatic carbocycles. The summed E-state index contributed by atoms with van der Waals surface area (Å²) in [5.74, 6) is 1.32. The van der Waals surface area contributed by atoms with Crippen LogP contribution in [0.5, 0.6) is 0 Å². The number of nitrogens with zero attached hydrogens (tertiary/aromatic N) is 4. The maximum Gasteiger partial charge on any atom is 0.273 e. The molecule has 2 atom stereocenters. The molecule has 1 aromatic heterocycles. The minimum atomic E-state index is -0.164. The largest absolute Gasteiger partial charge is 0.348 e. The molecule has 2 aliphatic carbocycles. The van der Waals surface area contributed by atoms with Crippen molar-refractivity contribution >= 4 is 11.8 Å². The lowest BCUT2D eigenvalue weighted by atomic mass is 9.85. The minimum Gasteiger partial charge on any atom is -0.348 e. The fourth-order valence-electron chi connectivity index (χ4n) is 4.39. The van der Waals surface area contributed by atoms with Gasteiger partial charge in [0, 0.05) is 19.1 Å². The van der Waals surface area contributed by atoms with Gasteiger partial charge in [-0.1, -0.05) is 37.3 Å². The maximum absolute atomic E-state index is 12.4. The van der Waals surface area contributed by atoms with E-state index in [4.69, 9.17) is 0 Å². The van der Waals surface area contributed by atoms with Crippen LogP contribution in [0.15, 0.2) is 6.20 Å². The molecule has 1 aromatic rings. The number of carbonyl (C=O) groups excluding carboxylic acids is 2. The van der Waals surface area contributed by atoms with Gasteiger partial charge in [-0.3, -0.25) is 9.59 Å². The van der Waals surface area contributed by atoms with E-state index in [2.05, 4.69) is 15.6 Å². The topological polar surface area (TPSA) is 80.1 Å². The van der Waals surface area contributed by atoms with Crippen LogP contribution in [-0.2, 0) is 11.3 Å². The molecule has 1 N–H and O–H groups in total. The second-order valence-corrected chi connectivity index (χ2v) is 7.77. The standard InChI is InChI=1S/C18H27N5O2/c24-17(22-8-4-5-9-22)12-23-11-16(20-21-23)18(25)19-15-10-14(15)13-6-2-1-3-7-13/h11,13-15H,1-10,12H2,(H,19,25)/t14-,15+/m0/s1. The van der Waals surface area contributed by atoms with E-state index in [9.17, 15) is 9.59 Å². The van der Waals surface area contributed by atoms with Crippen LogP contribution in [0.25, 0.3) is 0 Å². The van der Waals surface area contributed by atoms with Crippen molar-refractivity contribution < 1.29 is 9.59 Å². The van der Waals surface area contributed by atoms with E-state index >= 15 is 0 Å². The van der Waals surface area contributed by atoms with Crippen molar-refractivity contribution in [3.05, 3.63) is 11.9 Å². The molecule has 4 rings (SSSR count). The van der Waals surface area contributed by atoms with Crippen molar-refractivity contribution in [2.45, 2.75) is 64.0 Å². The van der Waals surface area contributed by atoms with Crippen LogP contribution in [-0.4, -0.2) is 50.8 Å². The summed E-state index contributed by atoms with van der Waals surface area (Å²) in [6.45, 7) is 1.81. The lowest BCUT2D eigenvalue weighted by Crippen LogP contribution is -2.31. The normalized spacial score (nSPS) is 26.6. The summed E-state index contributed by atoms with van der Waals surface area (Å²) >= 11 is 0. The Kier molecular flexibility index (Phi) is 4.72. The highest BCUT2D eigenvalue weighted by atomic mass is 16.2. The molecule has 0 unspecified atom stereocenters. The summed E-state index contributed by atoms with van der Waals surface area (Å²) in [7, 11) is 0. The zero-order valence-corrected chi connectivity index (χ0v) is 14.7. The zero-order valence-electron chi connectivity index (χ0n) is 14.7. The number of hydrogen-bond acceptors (Lipinski definition) is 4. The Morgan fingerprint density at radius 3 is 2.64 bits per heavy atom. The predicted molar refractivity (Wildman–Crippen MR) is 91.8 cm³/mol. The van der Waals surface area contributed by atoms with E-state index in [1.807, 2.05) is 4.90 Å². The van der Waals surface area contributed by atoms with Crippen LogP contribution >= 0.6 is 0 Å². The van der Waals surface area contributed by atoms with Crippen LogP contribution < -0.4 is 5.32 Å². The van der Waals surface area contributed by atoms with E-state index in [1.54, 1.807) is 6.20 Å². The molecular formula is C18H27N5O2. The monoisotopic (exact) mass is 345 g/mol. The smallest absolute Gasteiger partial charge is 0.273 e. The molecule has 7 heteroatoms. The first-order valence-electron chi connectivity index (χ1n) is 9.69. The number of nitrogens with one attached hydrogen (secondary N) is 1. The first-order chi connectivity index (χ1) is 12.2. The Labute approximate surface area is 148 Å². The fraction of sp³-hybridized carbons (Fsp3) is 0.778. The fourth-order valence-corrected chi connectivity index (χ4v) is 4.39. The van der Waals surface area contributed by atoms with Gasteiger partial charge in [-0.25, -0.2) is 4.68 Å². The van der Waals surface area contributed by atoms with Gasteiger partial charge in [-0.2, -0.15) is 0 Å². The van der Waals surface area contributed by atoms with Gasteiger partial charge in [-0.05, 0) is 31.1 Å². The van der Waals surface area contributed by atoms with Gasteiger partial charge in [0.05, 0.1) is 6.20 Å². The number of hydrogen-bond donors (Lipinski definition) is 1.